The Balaban J connectivity index is 1.42. The van der Waals surface area contributed by atoms with Gasteiger partial charge in [0.2, 0.25) is 11.8 Å². The predicted molar refractivity (Wildman–Crippen MR) is 123 cm³/mol. The van der Waals surface area contributed by atoms with Crippen LogP contribution in [-0.2, 0) is 25.8 Å². The second-order valence-electron chi connectivity index (χ2n) is 8.18. The summed E-state index contributed by atoms with van der Waals surface area (Å²) in [6.07, 6.45) is 4.35. The molecule has 2 aromatic carbocycles. The molecule has 1 saturated carbocycles. The van der Waals surface area contributed by atoms with E-state index in [2.05, 4.69) is 5.32 Å². The number of nitrogens with one attached hydrogen (secondary N) is 1. The number of nitrogens with zero attached hydrogens (tertiary/aromatic N) is 1. The molecule has 0 aromatic heterocycles. The molecule has 8 heteroatoms. The molecule has 1 aliphatic heterocycles. The monoisotopic (exact) mass is 458 g/mol. The largest absolute Gasteiger partial charge is 0.326 e. The van der Waals surface area contributed by atoms with Gasteiger partial charge in [0.15, 0.2) is 9.84 Å². The van der Waals surface area contributed by atoms with Gasteiger partial charge in [0.1, 0.15) is 0 Å². The van der Waals surface area contributed by atoms with Crippen molar-refractivity contribution >= 4 is 44.8 Å². The summed E-state index contributed by atoms with van der Waals surface area (Å²) in [5.41, 5.74) is 2.34. The van der Waals surface area contributed by atoms with Crippen LogP contribution in [0.25, 0.3) is 0 Å². The van der Waals surface area contributed by atoms with Crippen LogP contribution >= 0.6 is 11.8 Å². The number of sulfone groups is 1. The molecular weight excluding hydrogens is 432 g/mol. The van der Waals surface area contributed by atoms with E-state index in [-0.39, 0.29) is 40.8 Å². The van der Waals surface area contributed by atoms with E-state index < -0.39 is 9.84 Å². The summed E-state index contributed by atoms with van der Waals surface area (Å²) in [5, 5.41) is 2.76. The third kappa shape index (κ3) is 4.80. The predicted octanol–water partition coefficient (Wildman–Crippen LogP) is 3.90. The lowest BCUT2D eigenvalue weighted by molar-refractivity contribution is -0.120. The molecule has 1 heterocycles. The molecule has 4 rings (SSSR count). The van der Waals surface area contributed by atoms with Gasteiger partial charge in [-0.1, -0.05) is 6.07 Å². The maximum Gasteiger partial charge on any atom is 0.230 e. The maximum atomic E-state index is 12.8. The van der Waals surface area contributed by atoms with E-state index in [0.717, 1.165) is 29.0 Å². The van der Waals surface area contributed by atoms with E-state index in [1.807, 2.05) is 36.3 Å². The van der Waals surface area contributed by atoms with Gasteiger partial charge in [0.05, 0.1) is 10.6 Å². The number of rotatable bonds is 7. The Hall–Kier alpha value is -2.32. The summed E-state index contributed by atoms with van der Waals surface area (Å²) in [6.45, 7) is 1.99. The molecule has 6 nitrogen and oxygen atoms in total. The Labute approximate surface area is 187 Å². The molecule has 1 atom stereocenters. The summed E-state index contributed by atoms with van der Waals surface area (Å²) >= 11 is 1.57. The number of carbonyl (C=O) groups excluding carboxylic acids is 2. The Morgan fingerprint density at radius 2 is 1.94 bits per heavy atom. The molecule has 0 unspecified atom stereocenters. The van der Waals surface area contributed by atoms with Gasteiger partial charge in [-0.2, -0.15) is 0 Å². The van der Waals surface area contributed by atoms with E-state index in [9.17, 15) is 18.0 Å². The number of carbonyl (C=O) groups is 2. The summed E-state index contributed by atoms with van der Waals surface area (Å²) in [5.74, 6) is -0.339. The van der Waals surface area contributed by atoms with Crippen molar-refractivity contribution in [1.82, 2.24) is 0 Å². The zero-order valence-corrected chi connectivity index (χ0v) is 19.3. The first-order chi connectivity index (χ1) is 14.8. The van der Waals surface area contributed by atoms with Crippen LogP contribution in [0.15, 0.2) is 52.3 Å². The normalized spacial score (nSPS) is 18.0. The molecule has 0 radical (unpaired) electrons. The van der Waals surface area contributed by atoms with Gasteiger partial charge in [0, 0.05) is 34.7 Å². The van der Waals surface area contributed by atoms with Crippen LogP contribution in [0.4, 0.5) is 11.4 Å². The molecule has 2 aromatic rings. The average molecular weight is 459 g/mol. The smallest absolute Gasteiger partial charge is 0.230 e. The van der Waals surface area contributed by atoms with Gasteiger partial charge < -0.3 is 10.2 Å². The van der Waals surface area contributed by atoms with Crippen molar-refractivity contribution in [3.8, 4) is 0 Å². The van der Waals surface area contributed by atoms with Gasteiger partial charge in [0.25, 0.3) is 0 Å². The summed E-state index contributed by atoms with van der Waals surface area (Å²) in [4.78, 5) is 27.9. The standard InChI is InChI=1S/C23H26N2O4S2/c1-15-12-17-13-20(8-9-21(17)25(15)23(27)16-6-7-16)31(28,29)11-10-22(26)24-18-4-3-5-19(14-18)30-2/h3-5,8-9,13-16H,6-7,10-12H2,1-2H3,(H,24,26)/t15-/m1/s1. The summed E-state index contributed by atoms with van der Waals surface area (Å²) in [6, 6.07) is 12.4. The molecule has 1 N–H and O–H groups in total. The molecule has 1 aliphatic carbocycles. The first kappa shape index (κ1) is 21.9. The van der Waals surface area contributed by atoms with Crippen molar-refractivity contribution in [3.05, 3.63) is 48.0 Å². The Morgan fingerprint density at radius 3 is 2.65 bits per heavy atom. The lowest BCUT2D eigenvalue weighted by atomic mass is 10.1. The highest BCUT2D eigenvalue weighted by atomic mass is 32.2. The van der Waals surface area contributed by atoms with Crippen LogP contribution in [0, 0.1) is 5.92 Å². The summed E-state index contributed by atoms with van der Waals surface area (Å²) in [7, 11) is -3.61. The first-order valence-corrected chi connectivity index (χ1v) is 13.3. The van der Waals surface area contributed by atoms with Gasteiger partial charge in [-0.05, 0) is 74.4 Å². The fourth-order valence-corrected chi connectivity index (χ4v) is 5.68. The molecule has 0 bridgehead atoms. The van der Waals surface area contributed by atoms with Crippen molar-refractivity contribution < 1.29 is 18.0 Å². The fourth-order valence-electron chi connectivity index (χ4n) is 3.93. The topological polar surface area (TPSA) is 83.6 Å². The number of hydrogen-bond acceptors (Lipinski definition) is 5. The third-order valence-corrected chi connectivity index (χ3v) is 8.18. The molecule has 2 amide bonds. The van der Waals surface area contributed by atoms with Crippen molar-refractivity contribution in [2.75, 3.05) is 22.2 Å². The van der Waals surface area contributed by atoms with E-state index in [1.165, 1.54) is 0 Å². The second-order valence-corrected chi connectivity index (χ2v) is 11.2. The Morgan fingerprint density at radius 1 is 1.16 bits per heavy atom. The quantitative estimate of drug-likeness (QED) is 0.636. The minimum atomic E-state index is -3.61. The Kier molecular flexibility index (Phi) is 6.12. The van der Waals surface area contributed by atoms with Crippen molar-refractivity contribution in [2.24, 2.45) is 5.92 Å². The van der Waals surface area contributed by atoms with Crippen LogP contribution in [0.5, 0.6) is 0 Å². The minimum absolute atomic E-state index is 0.0314. The van der Waals surface area contributed by atoms with Crippen molar-refractivity contribution in [1.29, 1.82) is 0 Å². The SMILES string of the molecule is CSc1cccc(NC(=O)CCS(=O)(=O)c2ccc3c(c2)C[C@@H](C)N3C(=O)C2CC2)c1. The van der Waals surface area contributed by atoms with Gasteiger partial charge in [-0.3, -0.25) is 9.59 Å². The number of thioether (sulfide) groups is 1. The minimum Gasteiger partial charge on any atom is -0.326 e. The molecule has 0 saturated heterocycles. The molecule has 164 valence electrons. The lowest BCUT2D eigenvalue weighted by Crippen LogP contribution is -2.36. The molecule has 31 heavy (non-hydrogen) atoms. The average Bonchev–Trinajstić information content (AvgIpc) is 3.54. The number of fused-ring (bicyclic) bond motifs is 1. The Bertz CT molecular complexity index is 1130. The van der Waals surface area contributed by atoms with Gasteiger partial charge in [-0.25, -0.2) is 8.42 Å². The molecule has 0 spiro atoms. The van der Waals surface area contributed by atoms with E-state index in [4.69, 9.17) is 0 Å². The van der Waals surface area contributed by atoms with E-state index >= 15 is 0 Å². The van der Waals surface area contributed by atoms with E-state index in [1.54, 1.807) is 36.0 Å². The molecular formula is C23H26N2O4S2. The second kappa shape index (κ2) is 8.67. The zero-order chi connectivity index (χ0) is 22.2. The maximum absolute atomic E-state index is 12.8. The van der Waals surface area contributed by atoms with Gasteiger partial charge >= 0.3 is 0 Å². The highest BCUT2D eigenvalue weighted by Crippen LogP contribution is 2.39. The number of hydrogen-bond donors (Lipinski definition) is 1. The summed E-state index contributed by atoms with van der Waals surface area (Å²) < 4.78 is 25.7. The highest BCUT2D eigenvalue weighted by molar-refractivity contribution is 7.98. The lowest BCUT2D eigenvalue weighted by Gasteiger charge is -2.22. The van der Waals surface area contributed by atoms with Crippen LogP contribution in [0.2, 0.25) is 0 Å². The number of amides is 2. The number of benzene rings is 2. The highest BCUT2D eigenvalue weighted by Gasteiger charge is 2.39. The molecule has 2 aliphatic rings. The van der Waals surface area contributed by atoms with Crippen LogP contribution in [-0.4, -0.2) is 38.3 Å². The fraction of sp³-hybridized carbons (Fsp3) is 0.391. The first-order valence-electron chi connectivity index (χ1n) is 10.4. The zero-order valence-electron chi connectivity index (χ0n) is 17.6. The van der Waals surface area contributed by atoms with Gasteiger partial charge in [-0.15, -0.1) is 11.8 Å². The van der Waals surface area contributed by atoms with Crippen molar-refractivity contribution in [3.63, 3.8) is 0 Å². The van der Waals surface area contributed by atoms with Crippen LogP contribution < -0.4 is 10.2 Å². The van der Waals surface area contributed by atoms with E-state index in [0.29, 0.717) is 12.1 Å². The van der Waals surface area contributed by atoms with Crippen LogP contribution in [0.3, 0.4) is 0 Å². The van der Waals surface area contributed by atoms with Crippen molar-refractivity contribution in [2.45, 2.75) is 48.4 Å². The molecule has 1 fully saturated rings. The van der Waals surface area contributed by atoms with Crippen LogP contribution in [0.1, 0.15) is 31.7 Å². The third-order valence-electron chi connectivity index (χ3n) is 5.74. The number of anilines is 2.